The van der Waals surface area contributed by atoms with Gasteiger partial charge in [-0.25, -0.2) is 0 Å². The van der Waals surface area contributed by atoms with Crippen LogP contribution in [0.5, 0.6) is 0 Å². The molecule has 138 valence electrons. The Kier molecular flexibility index (Phi) is 3.83. The minimum absolute atomic E-state index is 0.0245. The molecule has 1 fully saturated rings. The maximum absolute atomic E-state index is 12.9. The van der Waals surface area contributed by atoms with Crippen molar-refractivity contribution in [3.05, 3.63) is 41.3 Å². The minimum Gasteiger partial charge on any atom is -0.593 e. The van der Waals surface area contributed by atoms with Crippen molar-refractivity contribution in [1.82, 2.24) is 9.46 Å². The van der Waals surface area contributed by atoms with E-state index in [9.17, 15) is 13.6 Å². The molecule has 1 aromatic heterocycles. The molecule has 3 heterocycles. The first-order valence-corrected chi connectivity index (χ1v) is 9.97. The predicted molar refractivity (Wildman–Crippen MR) is 95.3 cm³/mol. The van der Waals surface area contributed by atoms with Gasteiger partial charge < -0.3 is 14.0 Å². The van der Waals surface area contributed by atoms with E-state index in [1.54, 1.807) is 25.7 Å². The van der Waals surface area contributed by atoms with E-state index in [1.807, 2.05) is 24.3 Å². The zero-order valence-corrected chi connectivity index (χ0v) is 15.8. The molecule has 2 aliphatic heterocycles. The van der Waals surface area contributed by atoms with E-state index in [0.29, 0.717) is 31.1 Å². The molecule has 0 saturated carbocycles. The quantitative estimate of drug-likeness (QED) is 0.750. The first-order valence-electron chi connectivity index (χ1n) is 8.53. The number of hydrogen-bond acceptors (Lipinski definition) is 5. The smallest absolute Gasteiger partial charge is 0.240 e. The molecular weight excluding hydrogens is 354 g/mol. The first-order chi connectivity index (χ1) is 12.2. The Bertz CT molecular complexity index is 913. The van der Waals surface area contributed by atoms with Gasteiger partial charge in [0.2, 0.25) is 10.8 Å². The van der Waals surface area contributed by atoms with E-state index in [1.165, 1.54) is 4.31 Å². The number of anilines is 1. The topological polar surface area (TPSA) is 89.7 Å². The molecule has 26 heavy (non-hydrogen) atoms. The van der Waals surface area contributed by atoms with Crippen LogP contribution in [0.4, 0.5) is 5.69 Å². The Morgan fingerprint density at radius 3 is 2.58 bits per heavy atom. The van der Waals surface area contributed by atoms with Crippen LogP contribution in [0.25, 0.3) is 0 Å². The maximum atomic E-state index is 12.9. The molecule has 0 bridgehead atoms. The molecule has 1 atom stereocenters. The third-order valence-corrected chi connectivity index (χ3v) is 7.35. The molecule has 1 spiro atoms. The monoisotopic (exact) mass is 375 g/mol. The number of benzene rings is 1. The zero-order valence-electron chi connectivity index (χ0n) is 15.0. The maximum Gasteiger partial charge on any atom is 0.240 e. The molecule has 1 aromatic carbocycles. The molecule has 8 heteroatoms. The third-order valence-electron chi connectivity index (χ3n) is 5.31. The summed E-state index contributed by atoms with van der Waals surface area (Å²) < 4.78 is 32.4. The molecule has 1 unspecified atom stereocenters. The fourth-order valence-electron chi connectivity index (χ4n) is 4.14. The van der Waals surface area contributed by atoms with Gasteiger partial charge in [0, 0.05) is 31.5 Å². The van der Waals surface area contributed by atoms with Crippen molar-refractivity contribution in [1.29, 1.82) is 0 Å². The van der Waals surface area contributed by atoms with Crippen molar-refractivity contribution in [2.24, 2.45) is 5.41 Å². The zero-order chi connectivity index (χ0) is 18.7. The number of nitrogens with zero attached hydrogens (tertiary/aromatic N) is 3. The van der Waals surface area contributed by atoms with E-state index >= 15 is 0 Å². The minimum atomic E-state index is -3.64. The number of aromatic nitrogens is 1. The van der Waals surface area contributed by atoms with Crippen LogP contribution >= 0.6 is 0 Å². The van der Waals surface area contributed by atoms with E-state index in [4.69, 9.17) is 4.52 Å². The van der Waals surface area contributed by atoms with Gasteiger partial charge in [-0.1, -0.05) is 27.6 Å². The fourth-order valence-corrected chi connectivity index (χ4v) is 6.10. The lowest BCUT2D eigenvalue weighted by Gasteiger charge is -2.53. The van der Waals surface area contributed by atoms with E-state index < -0.39 is 10.4 Å². The third kappa shape index (κ3) is 2.52. The summed E-state index contributed by atoms with van der Waals surface area (Å²) >= 11 is 0. The average molecular weight is 375 g/mol. The molecule has 0 aliphatic carbocycles. The summed E-state index contributed by atoms with van der Waals surface area (Å²) in [6, 6.07) is 7.83. The summed E-state index contributed by atoms with van der Waals surface area (Å²) in [5, 5.41) is 3.76. The molecule has 7 nitrogen and oxygen atoms in total. The summed E-state index contributed by atoms with van der Waals surface area (Å²) in [7, 11) is -3.64. The molecular formula is C18H21N3O4S. The van der Waals surface area contributed by atoms with Gasteiger partial charge in [0.05, 0.1) is 13.1 Å². The van der Waals surface area contributed by atoms with Gasteiger partial charge in [-0.3, -0.25) is 4.79 Å². The number of aryl methyl sites for hydroxylation is 2. The van der Waals surface area contributed by atoms with Crippen LogP contribution in [0.15, 0.2) is 33.7 Å². The molecule has 4 rings (SSSR count). The van der Waals surface area contributed by atoms with Gasteiger partial charge in [0.1, 0.15) is 5.69 Å². The Hall–Kier alpha value is -2.03. The Morgan fingerprint density at radius 2 is 1.96 bits per heavy atom. The normalized spacial score (nSPS) is 21.2. The van der Waals surface area contributed by atoms with Crippen molar-refractivity contribution in [3.63, 3.8) is 0 Å². The second-order valence-corrected chi connectivity index (χ2v) is 9.21. The van der Waals surface area contributed by atoms with Crippen molar-refractivity contribution >= 4 is 22.0 Å². The summed E-state index contributed by atoms with van der Waals surface area (Å²) in [6.45, 7) is 6.10. The Labute approximate surface area is 153 Å². The van der Waals surface area contributed by atoms with Crippen molar-refractivity contribution in [2.45, 2.75) is 32.1 Å². The number of fused-ring (bicyclic) bond motifs is 1. The highest BCUT2D eigenvalue weighted by atomic mass is 32.3. The summed E-state index contributed by atoms with van der Waals surface area (Å²) in [4.78, 5) is 14.0. The summed E-state index contributed by atoms with van der Waals surface area (Å²) in [5.41, 5.74) is 2.15. The van der Waals surface area contributed by atoms with Crippen molar-refractivity contribution < 1.29 is 18.1 Å². The number of carbonyl (C=O) groups is 1. The lowest BCUT2D eigenvalue weighted by molar-refractivity contribution is -0.117. The molecule has 2 aliphatic rings. The number of hydrogen-bond donors (Lipinski definition) is 0. The lowest BCUT2D eigenvalue weighted by atomic mass is 9.73. The summed E-state index contributed by atoms with van der Waals surface area (Å²) in [6.07, 6.45) is 0.764. The molecule has 0 N–H and O–H groups in total. The molecule has 0 radical (unpaired) electrons. The van der Waals surface area contributed by atoms with Crippen molar-refractivity contribution in [3.8, 4) is 0 Å². The molecule has 1 saturated heterocycles. The standard InChI is InChI=1S/C18H21N3O4S/c1-12-17(13(2)25-19-12)26(23,24)20-9-18(10-20)8-15-6-4-5-7-16(15)21(11-18)14(3)22/h4-7H,8-11H2,1-3H3. The number of rotatable bonds is 2. The van der Waals surface area contributed by atoms with Gasteiger partial charge in [0.15, 0.2) is 16.2 Å². The Balaban J connectivity index is 1.61. The van der Waals surface area contributed by atoms with Gasteiger partial charge in [-0.05, 0) is 25.0 Å². The second kappa shape index (κ2) is 5.73. The van der Waals surface area contributed by atoms with E-state index in [0.717, 1.165) is 17.7 Å². The lowest BCUT2D eigenvalue weighted by Crippen LogP contribution is -2.66. The largest absolute Gasteiger partial charge is 0.593 e. The Morgan fingerprint density at radius 1 is 1.27 bits per heavy atom. The average Bonchev–Trinajstić information content (AvgIpc) is 2.90. The molecule has 1 amide bonds. The van der Waals surface area contributed by atoms with Crippen LogP contribution in [-0.2, 0) is 25.8 Å². The fraction of sp³-hybridized carbons (Fsp3) is 0.444. The van der Waals surface area contributed by atoms with Crippen LogP contribution in [0.3, 0.4) is 0 Å². The van der Waals surface area contributed by atoms with Crippen molar-refractivity contribution in [2.75, 3.05) is 24.5 Å². The number of amides is 1. The summed E-state index contributed by atoms with van der Waals surface area (Å²) in [5.74, 6) is 0.284. The van der Waals surface area contributed by atoms with Gasteiger partial charge in [-0.2, -0.15) is 0 Å². The highest BCUT2D eigenvalue weighted by Gasteiger charge is 2.55. The van der Waals surface area contributed by atoms with Gasteiger partial charge >= 0.3 is 0 Å². The molecule has 2 aromatic rings. The first kappa shape index (κ1) is 17.4. The predicted octanol–water partition coefficient (Wildman–Crippen LogP) is 2.11. The second-order valence-electron chi connectivity index (χ2n) is 7.34. The van der Waals surface area contributed by atoms with Gasteiger partial charge in [0.25, 0.3) is 0 Å². The van der Waals surface area contributed by atoms with Crippen LogP contribution in [0.1, 0.15) is 23.9 Å². The number of sulfonamides is 1. The van der Waals surface area contributed by atoms with E-state index in [-0.39, 0.29) is 16.2 Å². The van der Waals surface area contributed by atoms with E-state index in [2.05, 4.69) is 5.16 Å². The SMILES string of the molecule is CC(=O)N1CC2(Cc3ccccc31)CN([S+](=O)([O-])c1c(C)noc1C)C2. The van der Waals surface area contributed by atoms with Crippen LogP contribution in [-0.4, -0.2) is 39.6 Å². The van der Waals surface area contributed by atoms with Gasteiger partial charge in [-0.15, -0.1) is 4.31 Å². The highest BCUT2D eigenvalue weighted by molar-refractivity contribution is 7.95. The highest BCUT2D eigenvalue weighted by Crippen LogP contribution is 2.46. The van der Waals surface area contributed by atoms with Crippen LogP contribution in [0.2, 0.25) is 0 Å². The number of carbonyl (C=O) groups excluding carboxylic acids is 1. The number of para-hydroxylation sites is 1. The van der Waals surface area contributed by atoms with Crippen LogP contribution < -0.4 is 4.90 Å². The van der Waals surface area contributed by atoms with Crippen LogP contribution in [0, 0.1) is 19.3 Å².